The number of benzene rings is 2. The summed E-state index contributed by atoms with van der Waals surface area (Å²) >= 11 is 0. The molecule has 0 aliphatic carbocycles. The van der Waals surface area contributed by atoms with Crippen molar-refractivity contribution in [3.63, 3.8) is 0 Å². The quantitative estimate of drug-likeness (QED) is 0.331. The van der Waals surface area contributed by atoms with Crippen molar-refractivity contribution in [2.75, 3.05) is 10.6 Å². The van der Waals surface area contributed by atoms with Crippen LogP contribution in [0.15, 0.2) is 85.8 Å². The Labute approximate surface area is 208 Å². The molecule has 186 valence electrons. The average Bonchev–Trinajstić information content (AvgIpc) is 3.56. The van der Waals surface area contributed by atoms with Crippen LogP contribution in [0, 0.1) is 6.92 Å². The molecule has 12 heteroatoms. The molecule has 0 fully saturated rings. The summed E-state index contributed by atoms with van der Waals surface area (Å²) in [5, 5.41) is 5.61. The standard InChI is InChI=1S/C25H19F3N8O/c1-16-30-9-11-36(16)21-13-18(25(26,27)28)12-20(14-21)32-23(37)17-2-4-19(5-3-17)33-24-31-7-6-22(34-24)35-10-8-29-15-35/h2-15H,1H3,(H,32,37)(H,31,33,34). The molecule has 0 aliphatic rings. The Bertz CT molecular complexity index is 1540. The zero-order chi connectivity index (χ0) is 26.0. The summed E-state index contributed by atoms with van der Waals surface area (Å²) in [4.78, 5) is 29.5. The van der Waals surface area contributed by atoms with Crippen molar-refractivity contribution in [1.29, 1.82) is 0 Å². The van der Waals surface area contributed by atoms with E-state index in [0.29, 0.717) is 23.3 Å². The number of aromatic nitrogens is 6. The van der Waals surface area contributed by atoms with Crippen molar-refractivity contribution in [2.24, 2.45) is 0 Å². The van der Waals surface area contributed by atoms with Gasteiger partial charge >= 0.3 is 6.18 Å². The van der Waals surface area contributed by atoms with Gasteiger partial charge in [-0.15, -0.1) is 0 Å². The Balaban J connectivity index is 1.33. The van der Waals surface area contributed by atoms with Gasteiger partial charge in [-0.2, -0.15) is 18.2 Å². The van der Waals surface area contributed by atoms with Gasteiger partial charge in [0.05, 0.1) is 5.56 Å². The highest BCUT2D eigenvalue weighted by atomic mass is 19.4. The van der Waals surface area contributed by atoms with Gasteiger partial charge in [-0.3, -0.25) is 9.36 Å². The van der Waals surface area contributed by atoms with Crippen LogP contribution in [-0.2, 0) is 6.18 Å². The second kappa shape index (κ2) is 9.57. The first kappa shape index (κ1) is 23.7. The van der Waals surface area contributed by atoms with Crippen LogP contribution < -0.4 is 10.6 Å². The number of hydrogen-bond acceptors (Lipinski definition) is 6. The van der Waals surface area contributed by atoms with Gasteiger partial charge in [0.2, 0.25) is 5.95 Å². The van der Waals surface area contributed by atoms with Crippen LogP contribution >= 0.6 is 0 Å². The van der Waals surface area contributed by atoms with E-state index in [1.165, 1.54) is 16.8 Å². The van der Waals surface area contributed by atoms with Crippen molar-refractivity contribution < 1.29 is 18.0 Å². The van der Waals surface area contributed by atoms with E-state index in [0.717, 1.165) is 12.1 Å². The Morgan fingerprint density at radius 2 is 1.73 bits per heavy atom. The highest BCUT2D eigenvalue weighted by Gasteiger charge is 2.31. The molecule has 0 saturated heterocycles. The highest BCUT2D eigenvalue weighted by molar-refractivity contribution is 6.04. The molecule has 0 aliphatic heterocycles. The second-order valence-electron chi connectivity index (χ2n) is 7.98. The van der Waals surface area contributed by atoms with Gasteiger partial charge in [0, 0.05) is 53.6 Å². The molecular weight excluding hydrogens is 485 g/mol. The predicted molar refractivity (Wildman–Crippen MR) is 130 cm³/mol. The molecule has 3 heterocycles. The lowest BCUT2D eigenvalue weighted by Crippen LogP contribution is -2.14. The smallest absolute Gasteiger partial charge is 0.324 e. The van der Waals surface area contributed by atoms with E-state index in [9.17, 15) is 18.0 Å². The van der Waals surface area contributed by atoms with Crippen molar-refractivity contribution in [3.05, 3.63) is 103 Å². The van der Waals surface area contributed by atoms with Gasteiger partial charge in [0.1, 0.15) is 18.0 Å². The molecule has 0 radical (unpaired) electrons. The number of halogens is 3. The molecule has 5 rings (SSSR count). The maximum atomic E-state index is 13.5. The summed E-state index contributed by atoms with van der Waals surface area (Å²) in [6.45, 7) is 1.67. The van der Waals surface area contributed by atoms with Gasteiger partial charge < -0.3 is 15.2 Å². The fourth-order valence-electron chi connectivity index (χ4n) is 3.62. The second-order valence-corrected chi connectivity index (χ2v) is 7.98. The van der Waals surface area contributed by atoms with Crippen LogP contribution in [0.2, 0.25) is 0 Å². The van der Waals surface area contributed by atoms with Crippen LogP contribution in [0.3, 0.4) is 0 Å². The predicted octanol–water partition coefficient (Wildman–Crippen LogP) is 5.17. The normalized spacial score (nSPS) is 11.4. The third kappa shape index (κ3) is 5.32. The Morgan fingerprint density at radius 1 is 0.919 bits per heavy atom. The fourth-order valence-corrected chi connectivity index (χ4v) is 3.62. The Kier molecular flexibility index (Phi) is 6.14. The van der Waals surface area contributed by atoms with Crippen molar-refractivity contribution >= 4 is 23.2 Å². The number of anilines is 3. The molecule has 5 aromatic rings. The van der Waals surface area contributed by atoms with Gasteiger partial charge in [-0.25, -0.2) is 15.0 Å². The van der Waals surface area contributed by atoms with Crippen LogP contribution in [0.25, 0.3) is 11.5 Å². The number of alkyl halides is 3. The zero-order valence-corrected chi connectivity index (χ0v) is 19.3. The minimum atomic E-state index is -4.59. The summed E-state index contributed by atoms with van der Waals surface area (Å²) in [5.41, 5.74) is 0.242. The number of nitrogens with one attached hydrogen (secondary N) is 2. The number of aryl methyl sites for hydroxylation is 1. The molecular formula is C25H19F3N8O. The van der Waals surface area contributed by atoms with Crippen LogP contribution in [-0.4, -0.2) is 35.0 Å². The summed E-state index contributed by atoms with van der Waals surface area (Å²) in [6.07, 6.45) is 5.06. The Morgan fingerprint density at radius 3 is 2.41 bits per heavy atom. The minimum Gasteiger partial charge on any atom is -0.324 e. The van der Waals surface area contributed by atoms with E-state index < -0.39 is 17.6 Å². The van der Waals surface area contributed by atoms with E-state index >= 15 is 0 Å². The van der Waals surface area contributed by atoms with E-state index in [2.05, 4.69) is 30.6 Å². The molecule has 0 bridgehead atoms. The number of nitrogens with zero attached hydrogens (tertiary/aromatic N) is 6. The van der Waals surface area contributed by atoms with Gasteiger partial charge in [-0.1, -0.05) is 0 Å². The van der Waals surface area contributed by atoms with E-state index in [1.807, 2.05) is 0 Å². The summed E-state index contributed by atoms with van der Waals surface area (Å²) < 4.78 is 43.8. The molecule has 2 aromatic carbocycles. The molecule has 9 nitrogen and oxygen atoms in total. The number of carbonyl (C=O) groups is 1. The van der Waals surface area contributed by atoms with Gasteiger partial charge in [0.15, 0.2) is 0 Å². The molecule has 0 saturated carbocycles. The highest BCUT2D eigenvalue weighted by Crippen LogP contribution is 2.33. The lowest BCUT2D eigenvalue weighted by Gasteiger charge is -2.14. The first-order valence-corrected chi connectivity index (χ1v) is 11.0. The van der Waals surface area contributed by atoms with Crippen molar-refractivity contribution in [2.45, 2.75) is 13.1 Å². The van der Waals surface area contributed by atoms with E-state index in [-0.39, 0.29) is 16.9 Å². The van der Waals surface area contributed by atoms with E-state index in [4.69, 9.17) is 0 Å². The lowest BCUT2D eigenvalue weighted by molar-refractivity contribution is -0.137. The largest absolute Gasteiger partial charge is 0.416 e. The SMILES string of the molecule is Cc1nccn1-c1cc(NC(=O)c2ccc(Nc3nccc(-n4ccnc4)n3)cc2)cc(C(F)(F)F)c1. The van der Waals surface area contributed by atoms with Crippen LogP contribution in [0.5, 0.6) is 0 Å². The summed E-state index contributed by atoms with van der Waals surface area (Å²) in [7, 11) is 0. The molecule has 0 spiro atoms. The lowest BCUT2D eigenvalue weighted by atomic mass is 10.1. The summed E-state index contributed by atoms with van der Waals surface area (Å²) in [6, 6.07) is 11.5. The molecule has 1 amide bonds. The van der Waals surface area contributed by atoms with E-state index in [1.54, 1.807) is 72.9 Å². The minimum absolute atomic E-state index is 0.00911. The number of rotatable bonds is 6. The zero-order valence-electron chi connectivity index (χ0n) is 19.3. The third-order valence-corrected chi connectivity index (χ3v) is 5.42. The average molecular weight is 504 g/mol. The number of imidazole rings is 2. The van der Waals surface area contributed by atoms with Crippen molar-refractivity contribution in [3.8, 4) is 11.5 Å². The number of hydrogen-bond donors (Lipinski definition) is 2. The topological polar surface area (TPSA) is 103 Å². The molecule has 0 atom stereocenters. The van der Waals surface area contributed by atoms with Crippen molar-refractivity contribution in [1.82, 2.24) is 29.1 Å². The first-order chi connectivity index (χ1) is 17.8. The fraction of sp³-hybridized carbons (Fsp3) is 0.0800. The molecule has 2 N–H and O–H groups in total. The molecule has 37 heavy (non-hydrogen) atoms. The maximum Gasteiger partial charge on any atom is 0.416 e. The maximum absolute atomic E-state index is 13.5. The van der Waals surface area contributed by atoms with Gasteiger partial charge in [0.25, 0.3) is 5.91 Å². The number of carbonyl (C=O) groups excluding carboxylic acids is 1. The monoisotopic (exact) mass is 504 g/mol. The first-order valence-electron chi connectivity index (χ1n) is 11.0. The molecule has 0 unspecified atom stereocenters. The number of amides is 1. The third-order valence-electron chi connectivity index (χ3n) is 5.42. The van der Waals surface area contributed by atoms with Gasteiger partial charge in [-0.05, 0) is 55.5 Å². The molecule has 3 aromatic heterocycles. The van der Waals surface area contributed by atoms with Crippen LogP contribution in [0.1, 0.15) is 21.7 Å². The Hall–Kier alpha value is -5.00. The summed E-state index contributed by atoms with van der Waals surface area (Å²) in [5.74, 6) is 0.920. The van der Waals surface area contributed by atoms with Crippen LogP contribution in [0.4, 0.5) is 30.5 Å².